The SMILES string of the molecule is [C-]#[N+]c1c(-n2c3ccccc3c3ccccc32)c(C#N)c(-n2c3ccccc3c3cc4c(cc32)C(c2ccccc2)(c2ccccc2)c2ccccc2-4)c(-n2c3ccccc3c3ccccc32)c1-n1c2ccccc2c2cc3c(cc21)C(c1ccccc1)(c1ccccc1)c1ccccc1-3. The van der Waals surface area contributed by atoms with E-state index in [1.54, 1.807) is 0 Å². The van der Waals surface area contributed by atoms with Crippen LogP contribution in [-0.4, -0.2) is 18.3 Å². The molecule has 0 bridgehead atoms. The second kappa shape index (κ2) is 21.0. The molecule has 0 N–H and O–H groups in total. The molecule has 0 saturated carbocycles. The number of rotatable bonds is 8. The van der Waals surface area contributed by atoms with Crippen LogP contribution in [0, 0.1) is 17.9 Å². The summed E-state index contributed by atoms with van der Waals surface area (Å²) in [7, 11) is 0. The smallest absolute Gasteiger partial charge is 0.237 e. The third kappa shape index (κ3) is 7.17. The van der Waals surface area contributed by atoms with E-state index in [1.165, 1.54) is 22.3 Å². The lowest BCUT2D eigenvalue weighted by Crippen LogP contribution is -2.28. The Balaban J connectivity index is 1.03. The summed E-state index contributed by atoms with van der Waals surface area (Å²) in [6.07, 6.45) is 0. The zero-order valence-electron chi connectivity index (χ0n) is 54.0. The Hall–Kier alpha value is -13.5. The van der Waals surface area contributed by atoms with Crippen LogP contribution >= 0.6 is 0 Å². The molecule has 6 nitrogen and oxygen atoms in total. The van der Waals surface area contributed by atoms with E-state index in [-0.39, 0.29) is 0 Å². The predicted octanol–water partition coefficient (Wildman–Crippen LogP) is 23.2. The summed E-state index contributed by atoms with van der Waals surface area (Å²) < 4.78 is 9.46. The number of nitrogens with zero attached hydrogens (tertiary/aromatic N) is 6. The highest BCUT2D eigenvalue weighted by atomic mass is 15.1. The zero-order chi connectivity index (χ0) is 66.0. The van der Waals surface area contributed by atoms with Crippen molar-refractivity contribution >= 4 is 92.9 Å². The zero-order valence-corrected chi connectivity index (χ0v) is 54.0. The highest BCUT2D eigenvalue weighted by Gasteiger charge is 2.49. The Morgan fingerprint density at radius 3 is 0.870 bits per heavy atom. The minimum absolute atomic E-state index is 0.330. The van der Waals surface area contributed by atoms with Gasteiger partial charge in [0.15, 0.2) is 0 Å². The quantitative estimate of drug-likeness (QED) is 0.140. The molecule has 15 aromatic carbocycles. The van der Waals surface area contributed by atoms with E-state index in [9.17, 15) is 11.8 Å². The van der Waals surface area contributed by atoms with Crippen molar-refractivity contribution in [1.82, 2.24) is 18.3 Å². The fraction of sp³-hybridized carbons (Fsp3) is 0.0213. The molecule has 6 heteroatoms. The van der Waals surface area contributed by atoms with Gasteiger partial charge in [-0.15, -0.1) is 0 Å². The van der Waals surface area contributed by atoms with Gasteiger partial charge in [0.25, 0.3) is 0 Å². The minimum Gasteiger partial charge on any atom is -0.318 e. The maximum atomic E-state index is 13.2. The van der Waals surface area contributed by atoms with Gasteiger partial charge in [0, 0.05) is 43.1 Å². The fourth-order valence-corrected chi connectivity index (χ4v) is 18.4. The summed E-state index contributed by atoms with van der Waals surface area (Å²) in [4.78, 5) is 5.02. The number of para-hydroxylation sites is 6. The third-order valence-electron chi connectivity index (χ3n) is 22.2. The van der Waals surface area contributed by atoms with E-state index in [2.05, 4.69) is 364 Å². The second-order valence-electron chi connectivity index (χ2n) is 26.7. The summed E-state index contributed by atoms with van der Waals surface area (Å²) >= 11 is 0. The predicted molar refractivity (Wildman–Crippen MR) is 409 cm³/mol. The van der Waals surface area contributed by atoms with Crippen molar-refractivity contribution in [2.45, 2.75) is 10.8 Å². The molecule has 0 radical (unpaired) electrons. The minimum atomic E-state index is -0.761. The molecule has 0 aliphatic heterocycles. The van der Waals surface area contributed by atoms with Gasteiger partial charge < -0.3 is 18.3 Å². The van der Waals surface area contributed by atoms with Crippen molar-refractivity contribution < 1.29 is 0 Å². The molecule has 0 atom stereocenters. The summed E-state index contributed by atoms with van der Waals surface area (Å²) in [5.41, 5.74) is 22.9. The Labute approximate surface area is 576 Å². The van der Waals surface area contributed by atoms with Crippen molar-refractivity contribution in [2.24, 2.45) is 0 Å². The van der Waals surface area contributed by atoms with Gasteiger partial charge in [0.1, 0.15) is 6.07 Å². The maximum absolute atomic E-state index is 13.2. The molecule has 4 heterocycles. The van der Waals surface area contributed by atoms with Gasteiger partial charge >= 0.3 is 0 Å². The number of nitriles is 1. The normalized spacial score (nSPS) is 13.3. The molecule has 0 fully saturated rings. The first-order valence-corrected chi connectivity index (χ1v) is 34.2. The molecule has 21 rings (SSSR count). The lowest BCUT2D eigenvalue weighted by Gasteiger charge is -2.34. The number of hydrogen-bond acceptors (Lipinski definition) is 1. The van der Waals surface area contributed by atoms with Crippen molar-refractivity contribution in [2.75, 3.05) is 0 Å². The highest BCUT2D eigenvalue weighted by molar-refractivity contribution is 6.18. The first kappa shape index (κ1) is 55.7. The monoisotopic (exact) mass is 1270 g/mol. The Bertz CT molecular complexity index is 6310. The van der Waals surface area contributed by atoms with Crippen LogP contribution in [0.1, 0.15) is 50.1 Å². The Kier molecular flexibility index (Phi) is 11.7. The van der Waals surface area contributed by atoms with E-state index in [0.717, 1.165) is 132 Å². The standard InChI is InChI=1S/C94H56N6/c1-96-88-89(97-80-48-24-16-40-65(80)66-41-17-25-49-81(66)97)75(58-95)90(99-84-52-28-20-44-69(84)73-54-71-63-38-14-22-46-76(63)93(78(71)56-86(73)99,59-30-6-2-7-31-59)60-32-8-3-9-33-60)92(98-82-50-26-18-42-67(82)68-43-19-27-51-83(68)98)91(88)100-85-53-29-21-45-70(85)74-55-72-64-39-15-23-47-77(64)94(79(72)57-87(74)100,61-34-10-4-11-35-61)62-36-12-5-13-37-62/h2-57H. The second-order valence-corrected chi connectivity index (χ2v) is 26.7. The van der Waals surface area contributed by atoms with Crippen molar-refractivity contribution in [3.8, 4) is 51.1 Å². The Morgan fingerprint density at radius 1 is 0.250 bits per heavy atom. The van der Waals surface area contributed by atoms with E-state index >= 15 is 0 Å². The van der Waals surface area contributed by atoms with Crippen molar-refractivity contribution in [3.63, 3.8) is 0 Å². The van der Waals surface area contributed by atoms with Crippen molar-refractivity contribution in [1.29, 1.82) is 5.26 Å². The summed E-state index contributed by atoms with van der Waals surface area (Å²) in [6.45, 7) is 10.3. The summed E-state index contributed by atoms with van der Waals surface area (Å²) in [5, 5.41) is 21.5. The average molecular weight is 1270 g/mol. The topological polar surface area (TPSA) is 47.9 Å². The van der Waals surface area contributed by atoms with Crippen LogP contribution < -0.4 is 0 Å². The highest BCUT2D eigenvalue weighted by Crippen LogP contribution is 2.61. The number of fused-ring (bicyclic) bond motifs is 18. The molecule has 2 aliphatic rings. The van der Waals surface area contributed by atoms with E-state index in [1.807, 2.05) is 0 Å². The van der Waals surface area contributed by atoms with Gasteiger partial charge in [-0.1, -0.05) is 279 Å². The van der Waals surface area contributed by atoms with Gasteiger partial charge in [-0.3, -0.25) is 0 Å². The van der Waals surface area contributed by atoms with Crippen molar-refractivity contribution in [3.05, 3.63) is 401 Å². The van der Waals surface area contributed by atoms with Crippen LogP contribution in [-0.2, 0) is 10.8 Å². The molecule has 0 unspecified atom stereocenters. The maximum Gasteiger partial charge on any atom is 0.237 e. The first-order chi connectivity index (χ1) is 49.6. The number of hydrogen-bond donors (Lipinski definition) is 0. The lowest BCUT2D eigenvalue weighted by molar-refractivity contribution is 0.769. The molecule has 2 aliphatic carbocycles. The van der Waals surface area contributed by atoms with Crippen LogP contribution in [0.2, 0.25) is 0 Å². The average Bonchev–Trinajstić information content (AvgIpc) is 1.51. The molecule has 4 aromatic heterocycles. The Morgan fingerprint density at radius 2 is 0.530 bits per heavy atom. The molecule has 0 saturated heterocycles. The summed E-state index contributed by atoms with van der Waals surface area (Å²) in [5.74, 6) is 0. The first-order valence-electron chi connectivity index (χ1n) is 34.2. The van der Waals surface area contributed by atoms with Crippen LogP contribution in [0.25, 0.3) is 137 Å². The molecule has 0 amide bonds. The van der Waals surface area contributed by atoms with Gasteiger partial charge in [-0.2, -0.15) is 5.26 Å². The van der Waals surface area contributed by atoms with E-state index in [4.69, 9.17) is 4.85 Å². The molecule has 0 spiro atoms. The van der Waals surface area contributed by atoms with Crippen LogP contribution in [0.3, 0.4) is 0 Å². The van der Waals surface area contributed by atoms with Gasteiger partial charge in [-0.25, -0.2) is 4.85 Å². The van der Waals surface area contributed by atoms with E-state index < -0.39 is 10.8 Å². The summed E-state index contributed by atoms with van der Waals surface area (Å²) in [6, 6.07) is 126. The number of benzene rings is 15. The molecular formula is C94H56N6. The lowest BCUT2D eigenvalue weighted by atomic mass is 9.67. The fourth-order valence-electron chi connectivity index (χ4n) is 18.4. The number of aromatic nitrogens is 4. The van der Waals surface area contributed by atoms with Crippen LogP contribution in [0.5, 0.6) is 0 Å². The van der Waals surface area contributed by atoms with E-state index in [0.29, 0.717) is 34.0 Å². The molecular weight excluding hydrogens is 1210 g/mol. The van der Waals surface area contributed by atoms with Gasteiger partial charge in [0.2, 0.25) is 5.69 Å². The van der Waals surface area contributed by atoms with Crippen LogP contribution in [0.4, 0.5) is 5.69 Å². The van der Waals surface area contributed by atoms with Gasteiger partial charge in [0.05, 0.1) is 89.8 Å². The third-order valence-corrected chi connectivity index (χ3v) is 22.2. The molecule has 19 aromatic rings. The largest absolute Gasteiger partial charge is 0.318 e. The van der Waals surface area contributed by atoms with Crippen LogP contribution in [0.15, 0.2) is 340 Å². The molecule has 462 valence electrons. The molecule has 100 heavy (non-hydrogen) atoms. The van der Waals surface area contributed by atoms with Gasteiger partial charge in [-0.05, 0) is 127 Å².